The van der Waals surface area contributed by atoms with Crippen LogP contribution in [-0.2, 0) is 33.1 Å². The number of benzene rings is 4. The van der Waals surface area contributed by atoms with Gasteiger partial charge in [-0.1, -0.05) is 60.7 Å². The highest BCUT2D eigenvalue weighted by molar-refractivity contribution is 6.01. The normalized spacial score (nSPS) is 11.1. The number of aliphatic hydroxyl groups excluding tert-OH is 1. The third kappa shape index (κ3) is 6.48. The van der Waals surface area contributed by atoms with Crippen LogP contribution in [0, 0.1) is 0 Å². The Balaban J connectivity index is 1.81. The van der Waals surface area contributed by atoms with E-state index >= 15 is 0 Å². The molecule has 4 aromatic carbocycles. The molecule has 4 rings (SSSR count). The van der Waals surface area contributed by atoms with Gasteiger partial charge in [0.05, 0.1) is 27.4 Å². The van der Waals surface area contributed by atoms with E-state index in [1.54, 1.807) is 32.4 Å². The average molecular weight is 542 g/mol. The van der Waals surface area contributed by atoms with Crippen LogP contribution < -0.4 is 14.8 Å². The van der Waals surface area contributed by atoms with Crippen molar-refractivity contribution in [2.24, 2.45) is 0 Å². The molecule has 40 heavy (non-hydrogen) atoms. The number of amides is 1. The van der Waals surface area contributed by atoms with Gasteiger partial charge in [0.15, 0.2) is 0 Å². The summed E-state index contributed by atoms with van der Waals surface area (Å²) in [7, 11) is 3.22. The number of carbonyl (C=O) groups is 2. The predicted octanol–water partition coefficient (Wildman–Crippen LogP) is 5.12. The topological polar surface area (TPSA) is 114 Å². The number of carbonyl (C=O) groups excluding carboxylic acids is 1. The molecule has 0 radical (unpaired) electrons. The Labute approximate surface area is 232 Å². The van der Waals surface area contributed by atoms with E-state index < -0.39 is 23.9 Å². The number of rotatable bonds is 12. The zero-order valence-electron chi connectivity index (χ0n) is 22.3. The summed E-state index contributed by atoms with van der Waals surface area (Å²) >= 11 is 0. The molecule has 3 N–H and O–H groups in total. The molecule has 0 saturated heterocycles. The summed E-state index contributed by atoms with van der Waals surface area (Å²) in [6, 6.07) is 30.2. The summed E-state index contributed by atoms with van der Waals surface area (Å²) in [4.78, 5) is 23.1. The molecule has 0 fully saturated rings. The van der Waals surface area contributed by atoms with E-state index in [1.165, 1.54) is 0 Å². The van der Waals surface area contributed by atoms with Crippen molar-refractivity contribution < 1.29 is 34.0 Å². The third-order valence-electron chi connectivity index (χ3n) is 6.46. The minimum absolute atomic E-state index is 0.0998. The van der Waals surface area contributed by atoms with E-state index in [2.05, 4.69) is 5.32 Å². The lowest BCUT2D eigenvalue weighted by Gasteiger charge is -2.36. The Morgan fingerprint density at radius 1 is 0.750 bits per heavy atom. The van der Waals surface area contributed by atoms with Crippen molar-refractivity contribution in [1.82, 2.24) is 0 Å². The van der Waals surface area contributed by atoms with Crippen LogP contribution in [-0.4, -0.2) is 36.3 Å². The largest absolute Gasteiger partial charge is 0.497 e. The number of carboxylic acids is 1. The number of methoxy groups -OCH3 is 2. The maximum atomic E-state index is 12.1. The van der Waals surface area contributed by atoms with Crippen LogP contribution in [0.5, 0.6) is 11.5 Å². The number of ether oxygens (including phenoxy) is 3. The lowest BCUT2D eigenvalue weighted by Crippen LogP contribution is -2.33. The molecule has 0 unspecified atom stereocenters. The Morgan fingerprint density at radius 2 is 1.27 bits per heavy atom. The molecule has 0 aliphatic rings. The Kier molecular flexibility index (Phi) is 9.16. The van der Waals surface area contributed by atoms with Gasteiger partial charge in [0.2, 0.25) is 5.91 Å². The van der Waals surface area contributed by atoms with Crippen LogP contribution in [0.25, 0.3) is 0 Å². The first-order valence-corrected chi connectivity index (χ1v) is 12.6. The van der Waals surface area contributed by atoms with E-state index in [-0.39, 0.29) is 13.2 Å². The van der Waals surface area contributed by atoms with Gasteiger partial charge in [-0.3, -0.25) is 9.59 Å². The predicted molar refractivity (Wildman–Crippen MR) is 150 cm³/mol. The molecule has 0 aliphatic heterocycles. The number of aliphatic hydroxyl groups is 1. The molecule has 0 saturated carbocycles. The molecule has 0 atom stereocenters. The smallest absolute Gasteiger partial charge is 0.312 e. The monoisotopic (exact) mass is 541 g/mol. The Morgan fingerprint density at radius 3 is 1.77 bits per heavy atom. The molecule has 0 spiro atoms. The minimum atomic E-state index is -1.23. The second kappa shape index (κ2) is 12.9. The van der Waals surface area contributed by atoms with Gasteiger partial charge in [0.1, 0.15) is 23.5 Å². The quantitative estimate of drug-likeness (QED) is 0.169. The van der Waals surface area contributed by atoms with E-state index in [9.17, 15) is 14.7 Å². The molecule has 8 heteroatoms. The van der Waals surface area contributed by atoms with Gasteiger partial charge in [-0.25, -0.2) is 0 Å². The van der Waals surface area contributed by atoms with Crippen molar-refractivity contribution in [2.75, 3.05) is 19.5 Å². The zero-order valence-corrected chi connectivity index (χ0v) is 22.3. The maximum Gasteiger partial charge on any atom is 0.312 e. The van der Waals surface area contributed by atoms with Crippen molar-refractivity contribution in [3.63, 3.8) is 0 Å². The van der Waals surface area contributed by atoms with Crippen molar-refractivity contribution >= 4 is 17.6 Å². The molecular weight excluding hydrogens is 510 g/mol. The Hall–Kier alpha value is -4.66. The van der Waals surface area contributed by atoms with E-state index in [1.807, 2.05) is 78.9 Å². The third-order valence-corrected chi connectivity index (χ3v) is 6.46. The molecule has 0 heterocycles. The van der Waals surface area contributed by atoms with Gasteiger partial charge in [-0.05, 0) is 64.2 Å². The minimum Gasteiger partial charge on any atom is -0.497 e. The molecule has 206 valence electrons. The van der Waals surface area contributed by atoms with Gasteiger partial charge < -0.3 is 29.7 Å². The number of nitrogens with one attached hydrogen (secondary N) is 1. The first-order chi connectivity index (χ1) is 19.4. The molecule has 4 aromatic rings. The van der Waals surface area contributed by atoms with Gasteiger partial charge >= 0.3 is 5.97 Å². The van der Waals surface area contributed by atoms with Crippen LogP contribution in [0.4, 0.5) is 5.69 Å². The molecular formula is C32H31NO7. The van der Waals surface area contributed by atoms with Crippen LogP contribution in [0.2, 0.25) is 0 Å². The fourth-order valence-electron chi connectivity index (χ4n) is 4.62. The molecule has 0 aromatic heterocycles. The number of hydrogen-bond donors (Lipinski definition) is 3. The van der Waals surface area contributed by atoms with Crippen LogP contribution in [0.15, 0.2) is 97.1 Å². The summed E-state index contributed by atoms with van der Waals surface area (Å²) in [5, 5.41) is 21.4. The summed E-state index contributed by atoms with van der Waals surface area (Å²) in [6.07, 6.45) is -0.665. The van der Waals surface area contributed by atoms with Crippen LogP contribution in [0.3, 0.4) is 0 Å². The molecule has 0 bridgehead atoms. The van der Waals surface area contributed by atoms with Gasteiger partial charge in [0.25, 0.3) is 0 Å². The van der Waals surface area contributed by atoms with Crippen molar-refractivity contribution in [1.29, 1.82) is 0 Å². The second-order valence-corrected chi connectivity index (χ2v) is 9.11. The SMILES string of the molecule is COc1ccc(C(OCc2cc(CO)cc(NC(=O)CC(=O)O)c2)(c2ccccc2)c2ccc(OC)cc2)cc1. The summed E-state index contributed by atoms with van der Waals surface area (Å²) in [6.45, 7) is -0.168. The fourth-order valence-corrected chi connectivity index (χ4v) is 4.62. The maximum absolute atomic E-state index is 12.1. The van der Waals surface area contributed by atoms with Gasteiger partial charge in [-0.2, -0.15) is 0 Å². The van der Waals surface area contributed by atoms with E-state index in [4.69, 9.17) is 19.3 Å². The van der Waals surface area contributed by atoms with Gasteiger partial charge in [0, 0.05) is 5.69 Å². The van der Waals surface area contributed by atoms with Crippen LogP contribution in [0.1, 0.15) is 34.2 Å². The summed E-state index contributed by atoms with van der Waals surface area (Å²) < 4.78 is 17.7. The molecule has 1 amide bonds. The molecule has 8 nitrogen and oxygen atoms in total. The first kappa shape index (κ1) is 28.4. The Bertz CT molecular complexity index is 1390. The fraction of sp³-hybridized carbons (Fsp3) is 0.188. The number of hydrogen-bond acceptors (Lipinski definition) is 6. The van der Waals surface area contributed by atoms with Crippen molar-refractivity contribution in [2.45, 2.75) is 25.2 Å². The standard InChI is InChI=1S/C32H31NO7/c1-38-28-12-8-25(9-13-28)32(24-6-4-3-5-7-24,26-10-14-29(39-2)15-11-26)40-21-23-16-22(20-34)17-27(18-23)33-30(35)19-31(36)37/h3-18,34H,19-21H2,1-2H3,(H,33,35)(H,36,37). The average Bonchev–Trinajstić information content (AvgIpc) is 2.98. The summed E-state index contributed by atoms with van der Waals surface area (Å²) in [5.41, 5.74) is 3.15. The van der Waals surface area contributed by atoms with Crippen molar-refractivity contribution in [3.8, 4) is 11.5 Å². The highest BCUT2D eigenvalue weighted by Crippen LogP contribution is 2.42. The lowest BCUT2D eigenvalue weighted by atomic mass is 9.80. The van der Waals surface area contributed by atoms with E-state index in [0.29, 0.717) is 28.3 Å². The van der Waals surface area contributed by atoms with Gasteiger partial charge in [-0.15, -0.1) is 0 Å². The number of aliphatic carboxylic acids is 1. The zero-order chi connectivity index (χ0) is 28.5. The lowest BCUT2D eigenvalue weighted by molar-refractivity contribution is -0.139. The van der Waals surface area contributed by atoms with E-state index in [0.717, 1.165) is 16.7 Å². The highest BCUT2D eigenvalue weighted by Gasteiger charge is 2.38. The molecule has 0 aliphatic carbocycles. The number of carboxylic acid groups (broad SMARTS) is 1. The van der Waals surface area contributed by atoms with Crippen molar-refractivity contribution in [3.05, 3.63) is 125 Å². The number of anilines is 1. The highest BCUT2D eigenvalue weighted by atomic mass is 16.5. The first-order valence-electron chi connectivity index (χ1n) is 12.6. The summed E-state index contributed by atoms with van der Waals surface area (Å²) in [5.74, 6) is -0.480. The van der Waals surface area contributed by atoms with Crippen LogP contribution >= 0.6 is 0 Å². The second-order valence-electron chi connectivity index (χ2n) is 9.11.